The highest BCUT2D eigenvalue weighted by atomic mass is 35.5. The van der Waals surface area contributed by atoms with E-state index < -0.39 is 0 Å². The van der Waals surface area contributed by atoms with Gasteiger partial charge in [-0.1, -0.05) is 23.7 Å². The summed E-state index contributed by atoms with van der Waals surface area (Å²) in [6.45, 7) is 5.25. The van der Waals surface area contributed by atoms with Crippen LogP contribution < -0.4 is 0 Å². The molecular weight excluding hydrogens is 328 g/mol. The van der Waals surface area contributed by atoms with Gasteiger partial charge in [0.05, 0.1) is 23.4 Å². The van der Waals surface area contributed by atoms with Crippen molar-refractivity contribution >= 4 is 17.5 Å². The van der Waals surface area contributed by atoms with Crippen LogP contribution in [0.4, 0.5) is 0 Å². The van der Waals surface area contributed by atoms with Crippen LogP contribution in [0.5, 0.6) is 0 Å². The lowest BCUT2D eigenvalue weighted by Crippen LogP contribution is -2.48. The maximum Gasteiger partial charge on any atom is 0.223 e. The van der Waals surface area contributed by atoms with Crippen LogP contribution in [0.15, 0.2) is 34.9 Å². The minimum Gasteiger partial charge on any atom is -0.441 e. The van der Waals surface area contributed by atoms with E-state index in [9.17, 15) is 4.79 Å². The van der Waals surface area contributed by atoms with Crippen LogP contribution in [0.2, 0.25) is 5.02 Å². The van der Waals surface area contributed by atoms with Crippen LogP contribution in [0.3, 0.4) is 0 Å². The van der Waals surface area contributed by atoms with Crippen molar-refractivity contribution in [3.63, 3.8) is 0 Å². The highest BCUT2D eigenvalue weighted by molar-refractivity contribution is 6.33. The van der Waals surface area contributed by atoms with Crippen molar-refractivity contribution < 1.29 is 13.9 Å². The fourth-order valence-corrected chi connectivity index (χ4v) is 3.19. The number of hydrogen-bond donors (Lipinski definition) is 0. The van der Waals surface area contributed by atoms with Crippen LogP contribution >= 0.6 is 11.6 Å². The quantitative estimate of drug-likeness (QED) is 0.847. The van der Waals surface area contributed by atoms with Gasteiger partial charge < -0.3 is 14.1 Å². The first-order valence-corrected chi connectivity index (χ1v) is 8.53. The number of benzene rings is 1. The second-order valence-corrected chi connectivity index (χ2v) is 6.56. The van der Waals surface area contributed by atoms with Crippen LogP contribution in [-0.4, -0.2) is 41.1 Å². The lowest BCUT2D eigenvalue weighted by molar-refractivity contribution is -0.143. The van der Waals surface area contributed by atoms with E-state index in [0.717, 1.165) is 5.56 Å². The normalized spacial score (nSPS) is 21.0. The first-order valence-electron chi connectivity index (χ1n) is 8.15. The van der Waals surface area contributed by atoms with E-state index in [1.165, 1.54) is 0 Å². The number of amides is 1. The van der Waals surface area contributed by atoms with E-state index in [-0.39, 0.29) is 18.1 Å². The van der Waals surface area contributed by atoms with Gasteiger partial charge in [0.1, 0.15) is 0 Å². The summed E-state index contributed by atoms with van der Waals surface area (Å²) in [6, 6.07) is 7.46. The summed E-state index contributed by atoms with van der Waals surface area (Å²) in [7, 11) is 0. The zero-order valence-corrected chi connectivity index (χ0v) is 14.6. The van der Waals surface area contributed by atoms with Crippen molar-refractivity contribution in [3.8, 4) is 11.3 Å². The van der Waals surface area contributed by atoms with E-state index in [0.29, 0.717) is 42.6 Å². The van der Waals surface area contributed by atoms with Crippen LogP contribution in [0, 0.1) is 0 Å². The van der Waals surface area contributed by atoms with E-state index in [1.807, 2.05) is 43.0 Å². The molecule has 0 saturated carbocycles. The molecule has 2 heterocycles. The maximum absolute atomic E-state index is 12.4. The number of ether oxygens (including phenoxy) is 1. The molecule has 128 valence electrons. The zero-order valence-electron chi connectivity index (χ0n) is 13.9. The van der Waals surface area contributed by atoms with E-state index in [4.69, 9.17) is 20.8 Å². The van der Waals surface area contributed by atoms with Gasteiger partial charge in [0.15, 0.2) is 11.7 Å². The number of halogens is 1. The number of nitrogens with zero attached hydrogens (tertiary/aromatic N) is 2. The maximum atomic E-state index is 12.4. The molecule has 2 atom stereocenters. The molecule has 0 aliphatic carbocycles. The molecule has 24 heavy (non-hydrogen) atoms. The standard InChI is InChI=1S/C18H21ClN2O3/c1-12-10-21(11-13(2)23-12)18(22)8-7-17-20-9-16(24-17)14-5-3-4-6-15(14)19/h3-6,9,12-13H,7-8,10-11H2,1-2H3/t12-,13-/m0/s1. The van der Waals surface area contributed by atoms with Crippen molar-refractivity contribution in [1.29, 1.82) is 0 Å². The van der Waals surface area contributed by atoms with E-state index in [2.05, 4.69) is 4.98 Å². The summed E-state index contributed by atoms with van der Waals surface area (Å²) in [5, 5.41) is 0.618. The number of aryl methyl sites for hydroxylation is 1. The van der Waals surface area contributed by atoms with Crippen molar-refractivity contribution in [2.45, 2.75) is 38.9 Å². The van der Waals surface area contributed by atoms with Gasteiger partial charge in [0.25, 0.3) is 0 Å². The average molecular weight is 349 g/mol. The largest absolute Gasteiger partial charge is 0.441 e. The molecule has 0 unspecified atom stereocenters. The smallest absolute Gasteiger partial charge is 0.223 e. The van der Waals surface area contributed by atoms with Gasteiger partial charge in [-0.25, -0.2) is 4.98 Å². The van der Waals surface area contributed by atoms with Gasteiger partial charge in [0.2, 0.25) is 5.91 Å². The third-order valence-corrected chi connectivity index (χ3v) is 4.35. The third kappa shape index (κ3) is 3.97. The van der Waals surface area contributed by atoms with Crippen molar-refractivity contribution in [3.05, 3.63) is 41.4 Å². The molecule has 5 nitrogen and oxygen atoms in total. The molecule has 1 aliphatic heterocycles. The number of aromatic nitrogens is 1. The first-order chi connectivity index (χ1) is 11.5. The van der Waals surface area contributed by atoms with Gasteiger partial charge in [-0.05, 0) is 26.0 Å². The Morgan fingerprint density at radius 1 is 1.29 bits per heavy atom. The summed E-state index contributed by atoms with van der Waals surface area (Å²) in [5.74, 6) is 1.28. The Morgan fingerprint density at radius 2 is 2.00 bits per heavy atom. The molecule has 1 amide bonds. The molecule has 1 saturated heterocycles. The molecule has 6 heteroatoms. The monoisotopic (exact) mass is 348 g/mol. The molecule has 2 aromatic rings. The fourth-order valence-electron chi connectivity index (χ4n) is 2.96. The Hall–Kier alpha value is -1.85. The van der Waals surface area contributed by atoms with Crippen molar-refractivity contribution in [2.75, 3.05) is 13.1 Å². The summed E-state index contributed by atoms with van der Waals surface area (Å²) >= 11 is 6.16. The average Bonchev–Trinajstić information content (AvgIpc) is 3.01. The van der Waals surface area contributed by atoms with Crippen molar-refractivity contribution in [2.24, 2.45) is 0 Å². The molecule has 1 aromatic carbocycles. The summed E-state index contributed by atoms with van der Waals surface area (Å²) in [5.41, 5.74) is 0.806. The molecule has 1 aliphatic rings. The number of morpholine rings is 1. The Morgan fingerprint density at radius 3 is 2.71 bits per heavy atom. The SMILES string of the molecule is C[C@H]1CN(C(=O)CCc2ncc(-c3ccccc3Cl)o2)C[C@H](C)O1. The molecule has 3 rings (SSSR count). The zero-order chi connectivity index (χ0) is 17.1. The van der Waals surface area contributed by atoms with E-state index in [1.54, 1.807) is 6.20 Å². The van der Waals surface area contributed by atoms with Gasteiger partial charge in [-0.2, -0.15) is 0 Å². The predicted molar refractivity (Wildman–Crippen MR) is 91.9 cm³/mol. The summed E-state index contributed by atoms with van der Waals surface area (Å²) in [4.78, 5) is 18.5. The highest BCUT2D eigenvalue weighted by Gasteiger charge is 2.25. The van der Waals surface area contributed by atoms with Crippen LogP contribution in [0.25, 0.3) is 11.3 Å². The highest BCUT2D eigenvalue weighted by Crippen LogP contribution is 2.28. The minimum atomic E-state index is 0.0752. The molecule has 1 aromatic heterocycles. The van der Waals surface area contributed by atoms with E-state index >= 15 is 0 Å². The predicted octanol–water partition coefficient (Wildman–Crippen LogP) is 3.56. The molecule has 0 spiro atoms. The Kier molecular flexibility index (Phi) is 5.21. The minimum absolute atomic E-state index is 0.0752. The van der Waals surface area contributed by atoms with Crippen LogP contribution in [-0.2, 0) is 16.0 Å². The van der Waals surface area contributed by atoms with Gasteiger partial charge in [0, 0.05) is 31.5 Å². The number of oxazole rings is 1. The van der Waals surface area contributed by atoms with Gasteiger partial charge in [-0.3, -0.25) is 4.79 Å². The second-order valence-electron chi connectivity index (χ2n) is 6.15. The van der Waals surface area contributed by atoms with Gasteiger partial charge >= 0.3 is 0 Å². The topological polar surface area (TPSA) is 55.6 Å². The fraction of sp³-hybridized carbons (Fsp3) is 0.444. The molecule has 0 bridgehead atoms. The van der Waals surface area contributed by atoms with Crippen molar-refractivity contribution in [1.82, 2.24) is 9.88 Å². The number of hydrogen-bond acceptors (Lipinski definition) is 4. The summed E-state index contributed by atoms with van der Waals surface area (Å²) in [6.07, 6.45) is 2.66. The number of rotatable bonds is 4. The molecule has 1 fully saturated rings. The first kappa shape index (κ1) is 17.0. The molecule has 0 N–H and O–H groups in total. The third-order valence-electron chi connectivity index (χ3n) is 4.02. The van der Waals surface area contributed by atoms with Crippen LogP contribution in [0.1, 0.15) is 26.2 Å². The number of carbonyl (C=O) groups is 1. The molecule has 0 radical (unpaired) electrons. The number of carbonyl (C=O) groups excluding carboxylic acids is 1. The lowest BCUT2D eigenvalue weighted by atomic mass is 10.2. The molecular formula is C18H21ClN2O3. The lowest BCUT2D eigenvalue weighted by Gasteiger charge is -2.35. The van der Waals surface area contributed by atoms with Gasteiger partial charge in [-0.15, -0.1) is 0 Å². The Labute approximate surface area is 146 Å². The Bertz CT molecular complexity index is 706. The second kappa shape index (κ2) is 7.36. The Balaban J connectivity index is 1.59. The summed E-state index contributed by atoms with van der Waals surface area (Å²) < 4.78 is 11.4.